The van der Waals surface area contributed by atoms with Gasteiger partial charge in [-0.3, -0.25) is 0 Å². The highest BCUT2D eigenvalue weighted by molar-refractivity contribution is 5.97. The minimum atomic E-state index is 0.764. The van der Waals surface area contributed by atoms with E-state index in [-0.39, 0.29) is 0 Å². The quantitative estimate of drug-likeness (QED) is 0.268. The molecule has 0 aromatic heterocycles. The minimum absolute atomic E-state index is 0.764. The van der Waals surface area contributed by atoms with E-state index in [0.29, 0.717) is 0 Å². The Labute approximate surface area is 206 Å². The Morgan fingerprint density at radius 3 is 1.77 bits per heavy atom. The molecule has 2 N–H and O–H groups in total. The van der Waals surface area contributed by atoms with Crippen LogP contribution < -0.4 is 5.73 Å². The molecule has 0 spiro atoms. The summed E-state index contributed by atoms with van der Waals surface area (Å²) in [4.78, 5) is 0. The molecule has 0 aliphatic heterocycles. The fourth-order valence-corrected chi connectivity index (χ4v) is 4.86. The summed E-state index contributed by atoms with van der Waals surface area (Å²) in [5.74, 6) is 0. The summed E-state index contributed by atoms with van der Waals surface area (Å²) < 4.78 is 0. The summed E-state index contributed by atoms with van der Waals surface area (Å²) >= 11 is 0. The van der Waals surface area contributed by atoms with Crippen LogP contribution in [-0.4, -0.2) is 0 Å². The average Bonchev–Trinajstić information content (AvgIpc) is 2.93. The van der Waals surface area contributed by atoms with Crippen LogP contribution in [0.15, 0.2) is 140 Å². The molecular formula is C34H25N. The SMILES string of the molecule is Nc1ccc(-c2ccc(-c3ccccc3)cc2)c(-c2cccc(-c3cccc4ccccc34)c2)c1. The van der Waals surface area contributed by atoms with Gasteiger partial charge in [0.25, 0.3) is 0 Å². The molecule has 6 rings (SSSR count). The number of rotatable bonds is 4. The predicted molar refractivity (Wildman–Crippen MR) is 150 cm³/mol. The fraction of sp³-hybridized carbons (Fsp3) is 0. The fourth-order valence-electron chi connectivity index (χ4n) is 4.86. The largest absolute Gasteiger partial charge is 0.399 e. The summed E-state index contributed by atoms with van der Waals surface area (Å²) in [5.41, 5.74) is 16.6. The van der Waals surface area contributed by atoms with E-state index in [4.69, 9.17) is 5.73 Å². The van der Waals surface area contributed by atoms with Crippen LogP contribution in [0.1, 0.15) is 0 Å². The lowest BCUT2D eigenvalue weighted by molar-refractivity contribution is 1.56. The Balaban J connectivity index is 1.44. The standard InChI is InChI=1S/C34H25N/c35-30-20-21-33(27-18-16-25(17-19-27)24-8-2-1-3-9-24)34(23-30)29-13-6-12-28(22-29)32-15-7-11-26-10-4-5-14-31(26)32/h1-23H,35H2. The molecule has 0 radical (unpaired) electrons. The van der Waals surface area contributed by atoms with Gasteiger partial charge in [0.15, 0.2) is 0 Å². The van der Waals surface area contributed by atoms with E-state index in [0.717, 1.165) is 16.8 Å². The van der Waals surface area contributed by atoms with Gasteiger partial charge in [-0.25, -0.2) is 0 Å². The molecule has 6 aromatic carbocycles. The van der Waals surface area contributed by atoms with Gasteiger partial charge < -0.3 is 5.73 Å². The number of anilines is 1. The lowest BCUT2D eigenvalue weighted by atomic mass is 9.90. The van der Waals surface area contributed by atoms with Crippen LogP contribution in [-0.2, 0) is 0 Å². The van der Waals surface area contributed by atoms with Crippen molar-refractivity contribution in [1.29, 1.82) is 0 Å². The van der Waals surface area contributed by atoms with Gasteiger partial charge in [-0.05, 0) is 73.5 Å². The van der Waals surface area contributed by atoms with Gasteiger partial charge in [0.05, 0.1) is 0 Å². The molecule has 35 heavy (non-hydrogen) atoms. The Morgan fingerprint density at radius 2 is 0.943 bits per heavy atom. The van der Waals surface area contributed by atoms with E-state index in [2.05, 4.69) is 127 Å². The molecule has 0 aliphatic carbocycles. The lowest BCUT2D eigenvalue weighted by Crippen LogP contribution is -1.91. The first-order chi connectivity index (χ1) is 17.3. The number of benzene rings is 6. The molecule has 166 valence electrons. The Kier molecular flexibility index (Phi) is 5.37. The van der Waals surface area contributed by atoms with Crippen LogP contribution in [0.25, 0.3) is 55.3 Å². The van der Waals surface area contributed by atoms with E-state index < -0.39 is 0 Å². The van der Waals surface area contributed by atoms with Crippen LogP contribution in [0.3, 0.4) is 0 Å². The molecule has 0 bridgehead atoms. The maximum atomic E-state index is 6.27. The topological polar surface area (TPSA) is 26.0 Å². The Morgan fingerprint density at radius 1 is 0.343 bits per heavy atom. The normalized spacial score (nSPS) is 11.0. The zero-order valence-electron chi connectivity index (χ0n) is 19.4. The number of hydrogen-bond acceptors (Lipinski definition) is 1. The highest BCUT2D eigenvalue weighted by Crippen LogP contribution is 2.37. The third-order valence-electron chi connectivity index (χ3n) is 6.62. The smallest absolute Gasteiger partial charge is 0.0320 e. The third kappa shape index (κ3) is 4.09. The monoisotopic (exact) mass is 447 g/mol. The van der Waals surface area contributed by atoms with Crippen LogP contribution in [0, 0.1) is 0 Å². The second kappa shape index (κ2) is 8.96. The highest BCUT2D eigenvalue weighted by Gasteiger charge is 2.11. The molecule has 0 unspecified atom stereocenters. The van der Waals surface area contributed by atoms with E-state index in [1.807, 2.05) is 12.1 Å². The first-order valence-electron chi connectivity index (χ1n) is 11.9. The number of nitrogens with two attached hydrogens (primary N) is 1. The van der Waals surface area contributed by atoms with E-state index >= 15 is 0 Å². The second-order valence-electron chi connectivity index (χ2n) is 8.86. The van der Waals surface area contributed by atoms with Crippen molar-refractivity contribution in [2.75, 3.05) is 5.73 Å². The van der Waals surface area contributed by atoms with Gasteiger partial charge in [-0.15, -0.1) is 0 Å². The average molecular weight is 448 g/mol. The molecule has 0 saturated carbocycles. The summed E-state index contributed by atoms with van der Waals surface area (Å²) in [6.45, 7) is 0. The van der Waals surface area contributed by atoms with Crippen molar-refractivity contribution in [3.63, 3.8) is 0 Å². The van der Waals surface area contributed by atoms with Gasteiger partial charge in [0.1, 0.15) is 0 Å². The molecule has 0 aliphatic rings. The first-order valence-corrected chi connectivity index (χ1v) is 11.9. The van der Waals surface area contributed by atoms with Gasteiger partial charge >= 0.3 is 0 Å². The lowest BCUT2D eigenvalue weighted by Gasteiger charge is -2.14. The van der Waals surface area contributed by atoms with Crippen LogP contribution in [0.4, 0.5) is 5.69 Å². The van der Waals surface area contributed by atoms with Crippen molar-refractivity contribution in [2.24, 2.45) is 0 Å². The van der Waals surface area contributed by atoms with E-state index in [9.17, 15) is 0 Å². The van der Waals surface area contributed by atoms with Gasteiger partial charge in [-0.2, -0.15) is 0 Å². The highest BCUT2D eigenvalue weighted by atomic mass is 14.5. The number of fused-ring (bicyclic) bond motifs is 1. The maximum Gasteiger partial charge on any atom is 0.0320 e. The summed E-state index contributed by atoms with van der Waals surface area (Å²) in [6, 6.07) is 49.3. The maximum absolute atomic E-state index is 6.27. The molecule has 0 amide bonds. The van der Waals surface area contributed by atoms with Crippen LogP contribution in [0.2, 0.25) is 0 Å². The number of hydrogen-bond donors (Lipinski definition) is 1. The summed E-state index contributed by atoms with van der Waals surface area (Å²) in [7, 11) is 0. The van der Waals surface area contributed by atoms with Gasteiger partial charge in [0, 0.05) is 5.69 Å². The third-order valence-corrected chi connectivity index (χ3v) is 6.62. The van der Waals surface area contributed by atoms with Gasteiger partial charge in [-0.1, -0.05) is 121 Å². The van der Waals surface area contributed by atoms with Crippen molar-refractivity contribution >= 4 is 16.5 Å². The molecular weight excluding hydrogens is 422 g/mol. The first kappa shape index (κ1) is 20.9. The minimum Gasteiger partial charge on any atom is -0.399 e. The molecule has 0 fully saturated rings. The molecule has 1 nitrogen and oxygen atoms in total. The Bertz CT molecular complexity index is 1620. The number of nitrogen functional groups attached to an aromatic ring is 1. The van der Waals surface area contributed by atoms with Crippen molar-refractivity contribution in [3.05, 3.63) is 140 Å². The van der Waals surface area contributed by atoms with E-state index in [1.54, 1.807) is 0 Å². The predicted octanol–water partition coefficient (Wildman–Crippen LogP) is 9.09. The van der Waals surface area contributed by atoms with Crippen molar-refractivity contribution in [3.8, 4) is 44.5 Å². The van der Waals surface area contributed by atoms with E-state index in [1.165, 1.54) is 44.2 Å². The van der Waals surface area contributed by atoms with Crippen LogP contribution >= 0.6 is 0 Å². The van der Waals surface area contributed by atoms with Crippen molar-refractivity contribution in [2.45, 2.75) is 0 Å². The zero-order valence-corrected chi connectivity index (χ0v) is 19.4. The second-order valence-corrected chi connectivity index (χ2v) is 8.86. The Hall–Kier alpha value is -4.62. The molecule has 6 aromatic rings. The van der Waals surface area contributed by atoms with Crippen LogP contribution in [0.5, 0.6) is 0 Å². The van der Waals surface area contributed by atoms with Crippen molar-refractivity contribution < 1.29 is 0 Å². The molecule has 0 saturated heterocycles. The summed E-state index contributed by atoms with van der Waals surface area (Å²) in [6.07, 6.45) is 0. The van der Waals surface area contributed by atoms with Gasteiger partial charge in [0.2, 0.25) is 0 Å². The molecule has 0 atom stereocenters. The zero-order chi connectivity index (χ0) is 23.6. The summed E-state index contributed by atoms with van der Waals surface area (Å²) in [5, 5.41) is 2.51. The molecule has 0 heterocycles. The van der Waals surface area contributed by atoms with Crippen molar-refractivity contribution in [1.82, 2.24) is 0 Å². The molecule has 1 heteroatoms.